The number of alkyl carbamates (subject to hydrolysis) is 1. The van der Waals surface area contributed by atoms with Crippen molar-refractivity contribution in [1.82, 2.24) is 89.6 Å². The van der Waals surface area contributed by atoms with Crippen molar-refractivity contribution in [3.8, 4) is 0 Å². The molecule has 18 amide bonds. The second-order valence-electron chi connectivity index (χ2n) is 36.3. The number of nitrogens with zero attached hydrogens (tertiary/aromatic N) is 2. The number of aliphatic carboxylic acids is 1. The minimum absolute atomic E-state index is 0.0572. The summed E-state index contributed by atoms with van der Waals surface area (Å²) in [7, 11) is 0. The maximum Gasteiger partial charge on any atom is 0.407 e. The largest absolute Gasteiger partial charge is 0.480 e. The summed E-state index contributed by atoms with van der Waals surface area (Å²) in [6.07, 6.45) is -7.08. The van der Waals surface area contributed by atoms with E-state index in [0.29, 0.717) is 29.5 Å². The summed E-state index contributed by atoms with van der Waals surface area (Å²) in [6.45, 7) is 15.2. The van der Waals surface area contributed by atoms with E-state index in [2.05, 4.69) is 92.4 Å². The number of primary amides is 1. The molecule has 3 heterocycles. The molecule has 0 aromatic heterocycles. The third-order valence-corrected chi connectivity index (χ3v) is 23.7. The van der Waals surface area contributed by atoms with Crippen LogP contribution >= 0.6 is 12.6 Å². The van der Waals surface area contributed by atoms with Crippen LogP contribution in [0.2, 0.25) is 0 Å². The second-order valence-corrected chi connectivity index (χ2v) is 36.6. The van der Waals surface area contributed by atoms with Gasteiger partial charge in [0.15, 0.2) is 0 Å². The summed E-state index contributed by atoms with van der Waals surface area (Å²) in [5.74, 6) is -20.3. The van der Waals surface area contributed by atoms with Crippen molar-refractivity contribution < 1.29 is 131 Å². The van der Waals surface area contributed by atoms with E-state index in [9.17, 15) is 122 Å². The van der Waals surface area contributed by atoms with Crippen LogP contribution in [0.25, 0.3) is 0 Å². The van der Waals surface area contributed by atoms with E-state index < -0.39 is 322 Å². The van der Waals surface area contributed by atoms with Crippen LogP contribution in [0.15, 0.2) is 91.0 Å². The zero-order valence-corrected chi connectivity index (χ0v) is 81.2. The SMILES string of the molecule is CC[C@H](C)[C@@H]1NC(=O)CNC(=O)[C@H](CN)NC(=O)[C@H]([C@@H](C)[C@@H](O)CO)NC(=O)[C@@H]2C[C@@H](O)CN2C(=O)[C@H](CC(N)=O)NC(=O)[C@H](CS)NC(=O)CNC1=O.CC[C@H](NC(=O)CNC(=O)C(NC(=O)CNC(=O)[C@H](CNC(=O)OC(C)(C)C)NC(=O)[C@@H](N)[C@@H](C)[C@@H](O)CO)[C@@H](C)CC)C(=O)N[C@@H](CC(=O)NC(c1ccccc1)(c1ccccc1)c1ccccc1)C(=O)N1C[C@H](OC(C)(C)C)C[C@H]1C(=O)O. The number of carbonyl (C=O) groups excluding carboxylic acids is 18. The number of aliphatic hydroxyl groups is 5. The topological polar surface area (TPSA) is 729 Å². The fourth-order valence-electron chi connectivity index (χ4n) is 15.2. The first kappa shape index (κ1) is 117. The van der Waals surface area contributed by atoms with Gasteiger partial charge in [0.2, 0.25) is 100 Å². The van der Waals surface area contributed by atoms with Crippen molar-refractivity contribution in [2.45, 2.75) is 249 Å². The number of rotatable bonds is 38. The molecule has 0 saturated carbocycles. The average molecular weight is 1980 g/mol. The lowest BCUT2D eigenvalue weighted by atomic mass is 9.77. The number of likely N-dealkylation sites (tertiary alicyclic amines) is 1. The predicted octanol–water partition coefficient (Wildman–Crippen LogP) is -6.76. The standard InChI is InChI=1S/C60H86N10O15.C31H52N10O12S/c1-11-35(3)50(68-48(75)32-62-51(76)43(30-64-57(83)85-59(8,9)10)67-53(78)49(61)36(4)45(72)34-71)54(79)63-31-47(74)65-41(12-2)52(77)66-42(55(80)70-33-40(84-58(5,6)7)28-44(70)56(81)82)29-46(73)69-60(37-22-16-13-17-23-37,38-24-18-14-19-25-38)39-26-20-15-21-27-39;1-4-13(2)24-29(51)35-8-22(46)36-18(12-54)27(49)37-16(6-21(33)45)31(53)41-10-15(43)5-19(41)28(50)40-25(14(3)20(44)11-42)30(52)38-17(7-32)26(48)34-9-23(47)39-24/h13-27,35-36,40-45,49-50,71-72H,11-12,28-34,61H2,1-10H3,(H,62,76)(H,63,79)(H,64,83)(H,65,74)(H,66,77)(H,67,78)(H,68,75)(H,69,73)(H,81,82);13-20,24-25,42-44,54H,4-12,32H2,1-3H3,(H2,33,45)(H,34,48)(H,35,51)(H,36,46)(H,37,49)(H,38,52)(H,39,47)(H,40,50)/t35-,36-,40+,41-,42-,43-,44-,45-,49-,50?;13-,14-,15+,16-,17-,18-,19-,20-,24-,25-/m00/s1. The van der Waals surface area contributed by atoms with Crippen molar-refractivity contribution >= 4 is 125 Å². The molecule has 139 heavy (non-hydrogen) atoms. The number of amides is 18. The molecule has 20 atom stereocenters. The van der Waals surface area contributed by atoms with Crippen LogP contribution in [0.4, 0.5) is 4.79 Å². The van der Waals surface area contributed by atoms with Crippen molar-refractivity contribution in [3.63, 3.8) is 0 Å². The minimum atomic E-state index is -1.71. The van der Waals surface area contributed by atoms with Gasteiger partial charge in [-0.25, -0.2) is 9.59 Å². The lowest BCUT2D eigenvalue weighted by Crippen LogP contribution is -2.62. The van der Waals surface area contributed by atoms with E-state index in [1.807, 2.05) is 91.0 Å². The number of thiol groups is 1. The highest BCUT2D eigenvalue weighted by Crippen LogP contribution is 2.38. The van der Waals surface area contributed by atoms with E-state index in [0.717, 1.165) is 9.80 Å². The van der Waals surface area contributed by atoms with Crippen LogP contribution in [-0.4, -0.2) is 332 Å². The van der Waals surface area contributed by atoms with Gasteiger partial charge >= 0.3 is 12.1 Å². The first-order chi connectivity index (χ1) is 65.3. The maximum absolute atomic E-state index is 14.8. The van der Waals surface area contributed by atoms with Gasteiger partial charge in [-0.15, -0.1) is 0 Å². The lowest BCUT2D eigenvalue weighted by Gasteiger charge is -2.37. The molecule has 27 N–H and O–H groups in total. The number of carboxylic acid groups (broad SMARTS) is 1. The van der Waals surface area contributed by atoms with E-state index in [-0.39, 0.29) is 31.6 Å². The van der Waals surface area contributed by atoms with E-state index in [4.69, 9.17) is 26.7 Å². The Hall–Kier alpha value is -12.6. The van der Waals surface area contributed by atoms with Gasteiger partial charge in [-0.1, -0.05) is 152 Å². The Morgan fingerprint density at radius 3 is 1.60 bits per heavy atom. The Bertz CT molecular complexity index is 4630. The highest BCUT2D eigenvalue weighted by atomic mass is 32.1. The normalized spacial score (nSPS) is 21.8. The van der Waals surface area contributed by atoms with E-state index in [1.165, 1.54) is 13.8 Å². The Kier molecular flexibility index (Phi) is 46.5. The quantitative estimate of drug-likeness (QED) is 0.0187. The van der Waals surface area contributed by atoms with Crippen LogP contribution in [0, 0.1) is 23.7 Å². The molecule has 770 valence electrons. The molecule has 3 saturated heterocycles. The molecular weight excluding hydrogens is 1840 g/mol. The van der Waals surface area contributed by atoms with Gasteiger partial charge in [0.1, 0.15) is 77.6 Å². The number of fused-ring (bicyclic) bond motifs is 1. The predicted molar refractivity (Wildman–Crippen MR) is 503 cm³/mol. The first-order valence-electron chi connectivity index (χ1n) is 45.7. The summed E-state index contributed by atoms with van der Waals surface area (Å²) in [5.41, 5.74) is 16.1. The third kappa shape index (κ3) is 35.7. The molecule has 0 aliphatic carbocycles. The monoisotopic (exact) mass is 1970 g/mol. The van der Waals surface area contributed by atoms with E-state index >= 15 is 0 Å². The molecule has 3 aliphatic heterocycles. The number of nitrogens with one attached hydrogen (secondary N) is 15. The van der Waals surface area contributed by atoms with Gasteiger partial charge < -0.3 is 147 Å². The van der Waals surface area contributed by atoms with Crippen LogP contribution in [0.3, 0.4) is 0 Å². The first-order valence-corrected chi connectivity index (χ1v) is 46.3. The number of benzene rings is 3. The van der Waals surface area contributed by atoms with Gasteiger partial charge in [-0.3, -0.25) is 81.5 Å². The number of aliphatic hydroxyl groups excluding tert-OH is 5. The summed E-state index contributed by atoms with van der Waals surface area (Å²) < 4.78 is 11.3. The molecule has 0 radical (unpaired) electrons. The zero-order chi connectivity index (χ0) is 104. The average Bonchev–Trinajstić information content (AvgIpc) is 1.03. The molecule has 48 heteroatoms. The molecule has 3 aliphatic rings. The summed E-state index contributed by atoms with van der Waals surface area (Å²) >= 11 is 4.08. The number of hydrogen-bond acceptors (Lipinski definition) is 29. The Balaban J connectivity index is 0.000000543. The van der Waals surface area contributed by atoms with Crippen molar-refractivity contribution in [2.75, 3.05) is 71.3 Å². The fraction of sp³-hybridized carbons (Fsp3) is 0.593. The molecule has 47 nitrogen and oxygen atoms in total. The molecule has 3 aromatic rings. The highest BCUT2D eigenvalue weighted by Gasteiger charge is 2.49. The zero-order valence-electron chi connectivity index (χ0n) is 80.3. The number of carbonyl (C=O) groups is 19. The fourth-order valence-corrected chi connectivity index (χ4v) is 15.4. The number of hydrogen-bond donors (Lipinski definition) is 25. The summed E-state index contributed by atoms with van der Waals surface area (Å²) in [5, 5.41) is 97.2. The van der Waals surface area contributed by atoms with Crippen molar-refractivity contribution in [3.05, 3.63) is 108 Å². The lowest BCUT2D eigenvalue weighted by molar-refractivity contribution is -0.150. The van der Waals surface area contributed by atoms with Gasteiger partial charge in [0, 0.05) is 50.1 Å². The minimum Gasteiger partial charge on any atom is -0.480 e. The second kappa shape index (κ2) is 55.3. The smallest absolute Gasteiger partial charge is 0.407 e. The van der Waals surface area contributed by atoms with Crippen molar-refractivity contribution in [1.29, 1.82) is 0 Å². The maximum atomic E-state index is 14.8. The molecule has 0 bridgehead atoms. The van der Waals surface area contributed by atoms with Crippen LogP contribution in [0.5, 0.6) is 0 Å². The Morgan fingerprint density at radius 2 is 1.09 bits per heavy atom. The molecule has 3 aromatic carbocycles. The van der Waals surface area contributed by atoms with Crippen molar-refractivity contribution in [2.24, 2.45) is 40.9 Å². The summed E-state index contributed by atoms with van der Waals surface area (Å²) in [6, 6.07) is 9.82. The van der Waals surface area contributed by atoms with Gasteiger partial charge in [-0.05, 0) is 76.5 Å². The number of carboxylic acids is 1. The molecule has 3 fully saturated rings. The Morgan fingerprint density at radius 1 is 0.561 bits per heavy atom. The van der Waals surface area contributed by atoms with Crippen LogP contribution < -0.4 is 97.0 Å². The molecule has 0 spiro atoms. The van der Waals surface area contributed by atoms with Gasteiger partial charge in [-0.2, -0.15) is 12.6 Å². The third-order valence-electron chi connectivity index (χ3n) is 23.3. The molecule has 1 unspecified atom stereocenters. The number of ether oxygens (including phenoxy) is 2. The molecule has 6 rings (SSSR count). The highest BCUT2D eigenvalue weighted by molar-refractivity contribution is 7.80. The van der Waals surface area contributed by atoms with Crippen LogP contribution in [0.1, 0.15) is 152 Å². The van der Waals surface area contributed by atoms with Gasteiger partial charge in [0.05, 0.1) is 94.8 Å². The molecular formula is C91H138N20O27S. The van der Waals surface area contributed by atoms with Gasteiger partial charge in [0.25, 0.3) is 0 Å². The Labute approximate surface area is 810 Å². The van der Waals surface area contributed by atoms with E-state index in [1.54, 1.807) is 76.2 Å². The number of nitrogens with two attached hydrogens (primary N) is 3. The summed E-state index contributed by atoms with van der Waals surface area (Å²) in [4.78, 5) is 256. The van der Waals surface area contributed by atoms with Crippen LogP contribution in [-0.2, 0) is 101 Å².